The number of rotatable bonds is 3. The second kappa shape index (κ2) is 6.52. The van der Waals surface area contributed by atoms with Crippen LogP contribution in [0.5, 0.6) is 0 Å². The number of aliphatic hydroxyl groups excluding tert-OH is 1. The van der Waals surface area contributed by atoms with E-state index in [1.807, 2.05) is 44.2 Å². The zero-order chi connectivity index (χ0) is 16.4. The SMILES string of the molecule is Cc1nn(-c2ccccc2)cc1C(=O)N1CC(CO)OCC1C. The van der Waals surface area contributed by atoms with Gasteiger partial charge in [0.25, 0.3) is 5.91 Å². The number of benzene rings is 1. The maximum absolute atomic E-state index is 12.9. The highest BCUT2D eigenvalue weighted by Crippen LogP contribution is 2.18. The molecule has 0 aliphatic carbocycles. The summed E-state index contributed by atoms with van der Waals surface area (Å²) in [5.41, 5.74) is 2.19. The van der Waals surface area contributed by atoms with Crippen LogP contribution in [0.4, 0.5) is 0 Å². The molecule has 23 heavy (non-hydrogen) atoms. The molecule has 0 bridgehead atoms. The van der Waals surface area contributed by atoms with Crippen LogP contribution in [-0.2, 0) is 4.74 Å². The number of aromatic nitrogens is 2. The third kappa shape index (κ3) is 3.13. The van der Waals surface area contributed by atoms with Crippen molar-refractivity contribution < 1.29 is 14.6 Å². The van der Waals surface area contributed by atoms with Gasteiger partial charge in [0.05, 0.1) is 42.3 Å². The van der Waals surface area contributed by atoms with Crippen LogP contribution < -0.4 is 0 Å². The van der Waals surface area contributed by atoms with Gasteiger partial charge in [0.1, 0.15) is 0 Å². The molecular weight excluding hydrogens is 294 g/mol. The first-order valence-corrected chi connectivity index (χ1v) is 7.75. The number of carbonyl (C=O) groups excluding carboxylic acids is 1. The number of para-hydroxylation sites is 1. The van der Waals surface area contributed by atoms with Crippen molar-refractivity contribution in [2.45, 2.75) is 26.0 Å². The minimum Gasteiger partial charge on any atom is -0.394 e. The van der Waals surface area contributed by atoms with Crippen molar-refractivity contribution in [1.29, 1.82) is 0 Å². The molecule has 0 radical (unpaired) electrons. The molecule has 2 unspecified atom stereocenters. The summed E-state index contributed by atoms with van der Waals surface area (Å²) in [5, 5.41) is 13.7. The van der Waals surface area contributed by atoms with Gasteiger partial charge >= 0.3 is 0 Å². The largest absolute Gasteiger partial charge is 0.394 e. The van der Waals surface area contributed by atoms with E-state index in [1.165, 1.54) is 0 Å². The maximum Gasteiger partial charge on any atom is 0.257 e. The minimum atomic E-state index is -0.320. The normalized spacial score (nSPS) is 21.4. The zero-order valence-corrected chi connectivity index (χ0v) is 13.3. The molecule has 1 aliphatic heterocycles. The van der Waals surface area contributed by atoms with Crippen LogP contribution in [0.15, 0.2) is 36.5 Å². The predicted molar refractivity (Wildman–Crippen MR) is 85.6 cm³/mol. The molecule has 0 spiro atoms. The second-order valence-electron chi connectivity index (χ2n) is 5.85. The molecule has 1 amide bonds. The lowest BCUT2D eigenvalue weighted by Gasteiger charge is -2.37. The van der Waals surface area contributed by atoms with Gasteiger partial charge in [-0.3, -0.25) is 4.79 Å². The van der Waals surface area contributed by atoms with Crippen LogP contribution in [-0.4, -0.2) is 57.6 Å². The van der Waals surface area contributed by atoms with E-state index < -0.39 is 0 Å². The van der Waals surface area contributed by atoms with E-state index in [4.69, 9.17) is 4.74 Å². The third-order valence-corrected chi connectivity index (χ3v) is 4.12. The number of hydrogen-bond acceptors (Lipinski definition) is 4. The molecule has 1 saturated heterocycles. The van der Waals surface area contributed by atoms with Gasteiger partial charge in [0.15, 0.2) is 0 Å². The number of ether oxygens (including phenoxy) is 1. The Morgan fingerprint density at radius 2 is 2.13 bits per heavy atom. The summed E-state index contributed by atoms with van der Waals surface area (Å²) in [6, 6.07) is 9.67. The van der Waals surface area contributed by atoms with Crippen LogP contribution in [0.25, 0.3) is 5.69 Å². The fourth-order valence-electron chi connectivity index (χ4n) is 2.75. The lowest BCUT2D eigenvalue weighted by Crippen LogP contribution is -2.52. The lowest BCUT2D eigenvalue weighted by molar-refractivity contribution is -0.0667. The monoisotopic (exact) mass is 315 g/mol. The van der Waals surface area contributed by atoms with Gasteiger partial charge < -0.3 is 14.7 Å². The average molecular weight is 315 g/mol. The van der Waals surface area contributed by atoms with Crippen molar-refractivity contribution in [3.63, 3.8) is 0 Å². The highest BCUT2D eigenvalue weighted by molar-refractivity contribution is 5.95. The van der Waals surface area contributed by atoms with Crippen molar-refractivity contribution in [1.82, 2.24) is 14.7 Å². The molecule has 6 heteroatoms. The molecule has 1 fully saturated rings. The Hall–Kier alpha value is -2.18. The standard InChI is InChI=1S/C17H21N3O3/c1-12-11-23-15(10-21)8-19(12)17(22)16-9-20(18-13(16)2)14-6-4-3-5-7-14/h3-7,9,12,15,21H,8,10-11H2,1-2H3. The number of amides is 1. The summed E-state index contributed by atoms with van der Waals surface area (Å²) in [4.78, 5) is 14.6. The van der Waals surface area contributed by atoms with Crippen LogP contribution in [0, 0.1) is 6.92 Å². The van der Waals surface area contributed by atoms with Gasteiger partial charge in [-0.25, -0.2) is 4.68 Å². The molecule has 1 aromatic carbocycles. The van der Waals surface area contributed by atoms with E-state index in [-0.39, 0.29) is 24.7 Å². The van der Waals surface area contributed by atoms with Crippen molar-refractivity contribution in [2.75, 3.05) is 19.8 Å². The van der Waals surface area contributed by atoms with E-state index in [0.29, 0.717) is 24.4 Å². The summed E-state index contributed by atoms with van der Waals surface area (Å²) in [7, 11) is 0. The summed E-state index contributed by atoms with van der Waals surface area (Å²) in [6.07, 6.45) is 1.45. The molecule has 2 aromatic rings. The van der Waals surface area contributed by atoms with Crippen molar-refractivity contribution in [3.05, 3.63) is 47.8 Å². The molecular formula is C17H21N3O3. The molecule has 1 N–H and O–H groups in total. The Morgan fingerprint density at radius 1 is 1.39 bits per heavy atom. The summed E-state index contributed by atoms with van der Waals surface area (Å²) < 4.78 is 7.22. The highest BCUT2D eigenvalue weighted by Gasteiger charge is 2.31. The maximum atomic E-state index is 12.9. The highest BCUT2D eigenvalue weighted by atomic mass is 16.5. The summed E-state index contributed by atoms with van der Waals surface area (Å²) in [5.74, 6) is -0.0704. The van der Waals surface area contributed by atoms with Gasteiger partial charge in [-0.05, 0) is 26.0 Å². The average Bonchev–Trinajstić information content (AvgIpc) is 2.97. The van der Waals surface area contributed by atoms with Crippen molar-refractivity contribution in [3.8, 4) is 5.69 Å². The van der Waals surface area contributed by atoms with Crippen LogP contribution in [0.2, 0.25) is 0 Å². The fourth-order valence-corrected chi connectivity index (χ4v) is 2.75. The van der Waals surface area contributed by atoms with Crippen LogP contribution >= 0.6 is 0 Å². The molecule has 1 aromatic heterocycles. The van der Waals surface area contributed by atoms with E-state index in [2.05, 4.69) is 5.10 Å². The van der Waals surface area contributed by atoms with Gasteiger partial charge in [0.2, 0.25) is 0 Å². The lowest BCUT2D eigenvalue weighted by atomic mass is 10.1. The van der Waals surface area contributed by atoms with Gasteiger partial charge in [-0.1, -0.05) is 18.2 Å². The number of hydrogen-bond donors (Lipinski definition) is 1. The predicted octanol–water partition coefficient (Wildman–Crippen LogP) is 1.40. The summed E-state index contributed by atoms with van der Waals surface area (Å²) >= 11 is 0. The van der Waals surface area contributed by atoms with E-state index in [1.54, 1.807) is 15.8 Å². The Kier molecular flexibility index (Phi) is 4.45. The Bertz CT molecular complexity index is 684. The Morgan fingerprint density at radius 3 is 2.83 bits per heavy atom. The molecule has 3 rings (SSSR count). The van der Waals surface area contributed by atoms with Crippen molar-refractivity contribution in [2.24, 2.45) is 0 Å². The molecule has 6 nitrogen and oxygen atoms in total. The van der Waals surface area contributed by atoms with Crippen LogP contribution in [0.1, 0.15) is 23.0 Å². The molecule has 1 aliphatic rings. The Labute approximate surface area is 135 Å². The minimum absolute atomic E-state index is 0.0234. The number of aliphatic hydroxyl groups is 1. The smallest absolute Gasteiger partial charge is 0.257 e. The second-order valence-corrected chi connectivity index (χ2v) is 5.85. The van der Waals surface area contributed by atoms with E-state index in [0.717, 1.165) is 5.69 Å². The molecule has 122 valence electrons. The number of aryl methyl sites for hydroxylation is 1. The number of nitrogens with zero attached hydrogens (tertiary/aromatic N) is 3. The number of carbonyl (C=O) groups is 1. The van der Waals surface area contributed by atoms with Crippen LogP contribution in [0.3, 0.4) is 0 Å². The third-order valence-electron chi connectivity index (χ3n) is 4.12. The first-order chi connectivity index (χ1) is 11.1. The topological polar surface area (TPSA) is 67.6 Å². The van der Waals surface area contributed by atoms with E-state index in [9.17, 15) is 9.90 Å². The molecule has 0 saturated carbocycles. The van der Waals surface area contributed by atoms with Gasteiger partial charge in [0, 0.05) is 12.7 Å². The zero-order valence-electron chi connectivity index (χ0n) is 13.3. The summed E-state index contributed by atoms with van der Waals surface area (Å²) in [6.45, 7) is 4.53. The quantitative estimate of drug-likeness (QED) is 0.930. The van der Waals surface area contributed by atoms with Gasteiger partial charge in [-0.2, -0.15) is 5.10 Å². The first-order valence-electron chi connectivity index (χ1n) is 7.75. The molecule has 2 heterocycles. The van der Waals surface area contributed by atoms with Crippen molar-refractivity contribution >= 4 is 5.91 Å². The fraction of sp³-hybridized carbons (Fsp3) is 0.412. The van der Waals surface area contributed by atoms with Gasteiger partial charge in [-0.15, -0.1) is 0 Å². The number of morpholine rings is 1. The molecule has 2 atom stereocenters. The van der Waals surface area contributed by atoms with E-state index >= 15 is 0 Å². The first kappa shape index (κ1) is 15.7. The Balaban J connectivity index is 1.86.